The largest absolute Gasteiger partial charge is 0.378 e. The molecule has 0 bridgehead atoms. The quantitative estimate of drug-likeness (QED) is 0.727. The zero-order chi connectivity index (χ0) is 19.3. The number of benzene rings is 2. The van der Waals surface area contributed by atoms with Crippen molar-refractivity contribution in [2.45, 2.75) is 0 Å². The van der Waals surface area contributed by atoms with Crippen molar-refractivity contribution in [1.29, 1.82) is 0 Å². The lowest BCUT2D eigenvalue weighted by Gasteiger charge is -2.28. The van der Waals surface area contributed by atoms with Crippen LogP contribution in [-0.2, 0) is 4.74 Å². The number of ether oxygens (including phenoxy) is 1. The number of morpholine rings is 1. The van der Waals surface area contributed by atoms with Gasteiger partial charge in [0.15, 0.2) is 5.82 Å². The van der Waals surface area contributed by atoms with Gasteiger partial charge in [-0.15, -0.1) is 0 Å². The molecule has 0 spiro atoms. The molecule has 142 valence electrons. The summed E-state index contributed by atoms with van der Waals surface area (Å²) in [6.07, 6.45) is 0. The smallest absolute Gasteiger partial charge is 0.274 e. The molecule has 1 aliphatic rings. The van der Waals surface area contributed by atoms with Crippen LogP contribution in [0.5, 0.6) is 0 Å². The Balaban J connectivity index is 1.69. The Bertz CT molecular complexity index is 975. The van der Waals surface area contributed by atoms with Gasteiger partial charge < -0.3 is 15.0 Å². The van der Waals surface area contributed by atoms with Gasteiger partial charge >= 0.3 is 0 Å². The Kier molecular flexibility index (Phi) is 5.50. The van der Waals surface area contributed by atoms with Crippen LogP contribution in [-0.4, -0.2) is 42.2 Å². The summed E-state index contributed by atoms with van der Waals surface area (Å²) in [5.41, 5.74) is 1.77. The molecule has 0 saturated carbocycles. The van der Waals surface area contributed by atoms with E-state index in [1.807, 2.05) is 30.3 Å². The number of hydrogen-bond donors (Lipinski definition) is 1. The number of rotatable bonds is 4. The van der Waals surface area contributed by atoms with E-state index in [0.29, 0.717) is 41.3 Å². The predicted molar refractivity (Wildman–Crippen MR) is 110 cm³/mol. The first-order chi connectivity index (χ1) is 13.7. The maximum absolute atomic E-state index is 12.9. The maximum atomic E-state index is 12.9. The third-order valence-electron chi connectivity index (χ3n) is 4.39. The van der Waals surface area contributed by atoms with Crippen LogP contribution in [0.1, 0.15) is 10.5 Å². The van der Waals surface area contributed by atoms with Gasteiger partial charge in [-0.05, 0) is 18.2 Å². The molecule has 1 aromatic heterocycles. The molecular weight excluding hydrogens is 376 g/mol. The number of nitrogens with zero attached hydrogens (tertiary/aromatic N) is 3. The van der Waals surface area contributed by atoms with Crippen LogP contribution in [0.3, 0.4) is 0 Å². The van der Waals surface area contributed by atoms with Gasteiger partial charge in [-0.1, -0.05) is 48.0 Å². The fourth-order valence-corrected chi connectivity index (χ4v) is 3.17. The van der Waals surface area contributed by atoms with Crippen LogP contribution < -0.4 is 10.2 Å². The second-order valence-corrected chi connectivity index (χ2v) is 6.80. The molecule has 2 aromatic carbocycles. The first-order valence-electron chi connectivity index (χ1n) is 9.03. The van der Waals surface area contributed by atoms with E-state index in [9.17, 15) is 4.79 Å². The van der Waals surface area contributed by atoms with Crippen LogP contribution in [0.4, 0.5) is 11.5 Å². The summed E-state index contributed by atoms with van der Waals surface area (Å²) in [6, 6.07) is 18.4. The van der Waals surface area contributed by atoms with E-state index >= 15 is 0 Å². The Hall–Kier alpha value is -2.96. The molecule has 2 heterocycles. The molecule has 1 saturated heterocycles. The molecule has 0 aliphatic carbocycles. The predicted octanol–water partition coefficient (Wildman–Crippen LogP) is 3.89. The third-order valence-corrected chi connectivity index (χ3v) is 4.63. The average Bonchev–Trinajstić information content (AvgIpc) is 2.75. The third kappa shape index (κ3) is 4.30. The van der Waals surface area contributed by atoms with Gasteiger partial charge in [0.25, 0.3) is 5.91 Å². The molecular formula is C21H19ClN4O2. The van der Waals surface area contributed by atoms with Gasteiger partial charge in [-0.3, -0.25) is 4.79 Å². The van der Waals surface area contributed by atoms with Crippen molar-refractivity contribution in [3.05, 3.63) is 71.4 Å². The van der Waals surface area contributed by atoms with Crippen molar-refractivity contribution in [1.82, 2.24) is 9.97 Å². The first kappa shape index (κ1) is 18.4. The minimum atomic E-state index is -0.309. The molecule has 7 heteroatoms. The molecule has 1 amide bonds. The monoisotopic (exact) mass is 394 g/mol. The minimum absolute atomic E-state index is 0.301. The Morgan fingerprint density at radius 2 is 1.79 bits per heavy atom. The molecule has 0 radical (unpaired) electrons. The van der Waals surface area contributed by atoms with Crippen LogP contribution in [0.2, 0.25) is 5.02 Å². The van der Waals surface area contributed by atoms with Crippen LogP contribution in [0.15, 0.2) is 60.7 Å². The molecule has 4 rings (SSSR count). The lowest BCUT2D eigenvalue weighted by Crippen LogP contribution is -2.37. The van der Waals surface area contributed by atoms with Gasteiger partial charge in [0.1, 0.15) is 11.5 Å². The fraction of sp³-hybridized carbons (Fsp3) is 0.190. The fourth-order valence-electron chi connectivity index (χ4n) is 2.98. The molecule has 0 atom stereocenters. The molecule has 6 nitrogen and oxygen atoms in total. The van der Waals surface area contributed by atoms with E-state index < -0.39 is 0 Å². The van der Waals surface area contributed by atoms with Crippen LogP contribution >= 0.6 is 11.6 Å². The van der Waals surface area contributed by atoms with Crippen molar-refractivity contribution >= 4 is 29.0 Å². The summed E-state index contributed by atoms with van der Waals surface area (Å²) in [4.78, 5) is 24.2. The highest BCUT2D eigenvalue weighted by Gasteiger charge is 2.18. The summed E-state index contributed by atoms with van der Waals surface area (Å²) in [6.45, 7) is 2.71. The van der Waals surface area contributed by atoms with Gasteiger partial charge in [0.05, 0.1) is 13.2 Å². The number of nitrogens with one attached hydrogen (secondary N) is 1. The second-order valence-electron chi connectivity index (χ2n) is 6.36. The van der Waals surface area contributed by atoms with E-state index in [1.165, 1.54) is 0 Å². The molecule has 0 unspecified atom stereocenters. The SMILES string of the molecule is O=C(Nc1cccc(Cl)c1)c1cc(N2CCOCC2)nc(-c2ccccc2)n1. The normalized spacial score (nSPS) is 14.0. The molecule has 1 N–H and O–H groups in total. The summed E-state index contributed by atoms with van der Waals surface area (Å²) < 4.78 is 5.43. The summed E-state index contributed by atoms with van der Waals surface area (Å²) >= 11 is 6.01. The van der Waals surface area contributed by atoms with Crippen molar-refractivity contribution < 1.29 is 9.53 Å². The number of aromatic nitrogens is 2. The van der Waals surface area contributed by atoms with E-state index in [0.717, 1.165) is 18.7 Å². The van der Waals surface area contributed by atoms with Crippen LogP contribution in [0.25, 0.3) is 11.4 Å². The van der Waals surface area contributed by atoms with Crippen molar-refractivity contribution in [3.63, 3.8) is 0 Å². The minimum Gasteiger partial charge on any atom is -0.378 e. The van der Waals surface area contributed by atoms with Gasteiger partial charge in [-0.25, -0.2) is 9.97 Å². The zero-order valence-electron chi connectivity index (χ0n) is 15.1. The number of halogens is 1. The van der Waals surface area contributed by atoms with Crippen molar-refractivity contribution in [2.24, 2.45) is 0 Å². The van der Waals surface area contributed by atoms with Gasteiger partial charge in [0.2, 0.25) is 0 Å². The lowest BCUT2D eigenvalue weighted by molar-refractivity contribution is 0.102. The van der Waals surface area contributed by atoms with E-state index in [4.69, 9.17) is 16.3 Å². The molecule has 28 heavy (non-hydrogen) atoms. The van der Waals surface area contributed by atoms with Gasteiger partial charge in [-0.2, -0.15) is 0 Å². The van der Waals surface area contributed by atoms with Crippen LogP contribution in [0, 0.1) is 0 Å². The number of hydrogen-bond acceptors (Lipinski definition) is 5. The lowest BCUT2D eigenvalue weighted by atomic mass is 10.2. The summed E-state index contributed by atoms with van der Waals surface area (Å²) in [5, 5.41) is 3.41. The standard InChI is InChI=1S/C21H19ClN4O2/c22-16-7-4-8-17(13-16)23-21(27)18-14-19(26-9-11-28-12-10-26)25-20(24-18)15-5-2-1-3-6-15/h1-8,13-14H,9-12H2,(H,23,27). The Morgan fingerprint density at radius 3 is 2.54 bits per heavy atom. The maximum Gasteiger partial charge on any atom is 0.274 e. The topological polar surface area (TPSA) is 67.4 Å². The van der Waals surface area contributed by atoms with Gasteiger partial charge in [0, 0.05) is 35.4 Å². The number of carbonyl (C=O) groups is 1. The summed E-state index contributed by atoms with van der Waals surface area (Å²) in [7, 11) is 0. The Morgan fingerprint density at radius 1 is 1.00 bits per heavy atom. The highest BCUT2D eigenvalue weighted by atomic mass is 35.5. The van der Waals surface area contributed by atoms with E-state index in [1.54, 1.807) is 30.3 Å². The average molecular weight is 395 g/mol. The molecule has 1 aliphatic heterocycles. The molecule has 3 aromatic rings. The summed E-state index contributed by atoms with van der Waals surface area (Å²) in [5.74, 6) is 0.922. The number of amides is 1. The highest BCUT2D eigenvalue weighted by molar-refractivity contribution is 6.30. The molecule has 1 fully saturated rings. The number of carbonyl (C=O) groups excluding carboxylic acids is 1. The first-order valence-corrected chi connectivity index (χ1v) is 9.41. The second kappa shape index (κ2) is 8.37. The highest BCUT2D eigenvalue weighted by Crippen LogP contribution is 2.22. The van der Waals surface area contributed by atoms with Crippen molar-refractivity contribution in [2.75, 3.05) is 36.5 Å². The van der Waals surface area contributed by atoms with E-state index in [-0.39, 0.29) is 5.91 Å². The van der Waals surface area contributed by atoms with E-state index in [2.05, 4.69) is 20.2 Å². The van der Waals surface area contributed by atoms with Crippen molar-refractivity contribution in [3.8, 4) is 11.4 Å². The zero-order valence-corrected chi connectivity index (χ0v) is 15.9. The number of anilines is 2. The Labute approximate surface area is 168 Å².